The predicted molar refractivity (Wildman–Crippen MR) is 85.4 cm³/mol. The zero-order valence-corrected chi connectivity index (χ0v) is 13.4. The molecule has 112 valence electrons. The third-order valence-corrected chi connectivity index (χ3v) is 3.69. The topological polar surface area (TPSA) is 59.1 Å². The van der Waals surface area contributed by atoms with Crippen molar-refractivity contribution < 1.29 is 9.84 Å². The first-order valence-corrected chi connectivity index (χ1v) is 7.51. The molecule has 0 aliphatic heterocycles. The highest BCUT2D eigenvalue weighted by Gasteiger charge is 2.02. The zero-order valence-electron chi connectivity index (χ0n) is 12.6. The first-order chi connectivity index (χ1) is 10.0. The highest BCUT2D eigenvalue weighted by molar-refractivity contribution is 7.07. The minimum atomic E-state index is 0.115. The Morgan fingerprint density at radius 1 is 1.38 bits per heavy atom. The first-order valence-electron chi connectivity index (χ1n) is 6.63. The van der Waals surface area contributed by atoms with Gasteiger partial charge in [-0.05, 0) is 44.5 Å². The lowest BCUT2D eigenvalue weighted by Gasteiger charge is -2.04. The molecule has 6 heteroatoms. The molecule has 0 aliphatic carbocycles. The Hall–Kier alpha value is -2.08. The van der Waals surface area contributed by atoms with Gasteiger partial charge < -0.3 is 9.84 Å². The molecule has 0 aliphatic rings. The Morgan fingerprint density at radius 3 is 2.81 bits per heavy atom. The molecular formula is C15H19N3O2S. The fraction of sp³-hybridized carbons (Fsp3) is 0.333. The summed E-state index contributed by atoms with van der Waals surface area (Å²) in [6, 6.07) is 5.33. The van der Waals surface area contributed by atoms with Gasteiger partial charge in [0, 0.05) is 11.4 Å². The number of benzene rings is 1. The molecule has 0 saturated carbocycles. The molecule has 2 aromatic rings. The molecule has 0 amide bonds. The summed E-state index contributed by atoms with van der Waals surface area (Å²) in [5, 5.41) is 16.1. The van der Waals surface area contributed by atoms with Crippen LogP contribution in [0.15, 0.2) is 33.7 Å². The second kappa shape index (κ2) is 6.58. The van der Waals surface area contributed by atoms with Crippen molar-refractivity contribution in [2.24, 2.45) is 10.1 Å². The molecule has 1 heterocycles. The number of aryl methyl sites for hydroxylation is 1. The van der Waals surface area contributed by atoms with E-state index in [0.717, 1.165) is 16.1 Å². The number of hydrogen-bond acceptors (Lipinski definition) is 5. The van der Waals surface area contributed by atoms with Crippen molar-refractivity contribution in [1.82, 2.24) is 4.68 Å². The van der Waals surface area contributed by atoms with E-state index in [2.05, 4.69) is 10.1 Å². The monoisotopic (exact) mass is 305 g/mol. The van der Waals surface area contributed by atoms with Crippen molar-refractivity contribution in [2.45, 2.75) is 26.8 Å². The van der Waals surface area contributed by atoms with Gasteiger partial charge in [0.25, 0.3) is 0 Å². The van der Waals surface area contributed by atoms with E-state index in [1.165, 1.54) is 7.11 Å². The van der Waals surface area contributed by atoms with Crippen LogP contribution in [-0.4, -0.2) is 29.1 Å². The third-order valence-electron chi connectivity index (χ3n) is 2.74. The van der Waals surface area contributed by atoms with Gasteiger partial charge >= 0.3 is 0 Å². The van der Waals surface area contributed by atoms with Crippen LogP contribution < -0.4 is 9.54 Å². The van der Waals surface area contributed by atoms with E-state index < -0.39 is 0 Å². The fourth-order valence-corrected chi connectivity index (χ4v) is 2.67. The average Bonchev–Trinajstić information content (AvgIpc) is 2.78. The van der Waals surface area contributed by atoms with E-state index in [4.69, 9.17) is 4.74 Å². The number of methoxy groups -OCH3 is 1. The average molecular weight is 305 g/mol. The van der Waals surface area contributed by atoms with Crippen LogP contribution in [0.5, 0.6) is 11.5 Å². The number of aromatic hydroxyl groups is 1. The molecule has 0 spiro atoms. The minimum absolute atomic E-state index is 0.115. The highest BCUT2D eigenvalue weighted by Crippen LogP contribution is 2.25. The van der Waals surface area contributed by atoms with E-state index in [-0.39, 0.29) is 11.8 Å². The Kier molecular flexibility index (Phi) is 4.80. The van der Waals surface area contributed by atoms with Crippen LogP contribution in [-0.2, 0) is 0 Å². The maximum atomic E-state index is 9.59. The standard InChI is InChI=1S/C15H19N3O2S/c1-10(2)17-15-18(11(3)9-21-15)16-8-12-5-6-13(19)14(7-12)20-4/h5-10,19H,1-4H3. The van der Waals surface area contributed by atoms with E-state index in [0.29, 0.717) is 5.75 Å². The number of nitrogens with zero attached hydrogens (tertiary/aromatic N) is 3. The summed E-state index contributed by atoms with van der Waals surface area (Å²) in [7, 11) is 1.52. The van der Waals surface area contributed by atoms with Crippen molar-refractivity contribution >= 4 is 17.6 Å². The lowest BCUT2D eigenvalue weighted by atomic mass is 10.2. The molecular weight excluding hydrogens is 286 g/mol. The molecule has 0 saturated heterocycles. The maximum Gasteiger partial charge on any atom is 0.206 e. The fourth-order valence-electron chi connectivity index (χ4n) is 1.73. The van der Waals surface area contributed by atoms with Crippen molar-refractivity contribution in [1.29, 1.82) is 0 Å². The summed E-state index contributed by atoms with van der Waals surface area (Å²) >= 11 is 1.57. The predicted octanol–water partition coefficient (Wildman–Crippen LogP) is 2.76. The van der Waals surface area contributed by atoms with Gasteiger partial charge in [-0.1, -0.05) is 0 Å². The first kappa shape index (κ1) is 15.3. The number of rotatable bonds is 4. The Balaban J connectivity index is 2.36. The molecule has 1 aromatic heterocycles. The van der Waals surface area contributed by atoms with E-state index in [1.807, 2.05) is 30.8 Å². The van der Waals surface area contributed by atoms with Gasteiger partial charge in [0.1, 0.15) is 0 Å². The third kappa shape index (κ3) is 3.72. The summed E-state index contributed by atoms with van der Waals surface area (Å²) in [5.41, 5.74) is 1.87. The smallest absolute Gasteiger partial charge is 0.206 e. The van der Waals surface area contributed by atoms with E-state index >= 15 is 0 Å². The number of hydrogen-bond donors (Lipinski definition) is 1. The van der Waals surface area contributed by atoms with Crippen molar-refractivity contribution in [3.63, 3.8) is 0 Å². The molecule has 5 nitrogen and oxygen atoms in total. The lowest BCUT2D eigenvalue weighted by molar-refractivity contribution is 0.373. The molecule has 0 unspecified atom stereocenters. The van der Waals surface area contributed by atoms with Gasteiger partial charge in [-0.15, -0.1) is 11.3 Å². The minimum Gasteiger partial charge on any atom is -0.504 e. The van der Waals surface area contributed by atoms with Gasteiger partial charge in [0.15, 0.2) is 11.5 Å². The summed E-state index contributed by atoms with van der Waals surface area (Å²) in [6.45, 7) is 6.06. The summed E-state index contributed by atoms with van der Waals surface area (Å²) in [4.78, 5) is 5.41. The zero-order chi connectivity index (χ0) is 15.4. The van der Waals surface area contributed by atoms with Gasteiger partial charge in [0.05, 0.1) is 19.0 Å². The SMILES string of the molecule is COc1cc(C=Nn2c(C)csc2=NC(C)C)ccc1O. The van der Waals surface area contributed by atoms with Crippen LogP contribution in [0.1, 0.15) is 25.1 Å². The van der Waals surface area contributed by atoms with Gasteiger partial charge in [-0.2, -0.15) is 5.10 Å². The highest BCUT2D eigenvalue weighted by atomic mass is 32.1. The molecule has 21 heavy (non-hydrogen) atoms. The van der Waals surface area contributed by atoms with Crippen molar-refractivity contribution in [2.75, 3.05) is 7.11 Å². The normalized spacial score (nSPS) is 12.5. The van der Waals surface area contributed by atoms with Crippen molar-refractivity contribution in [3.05, 3.63) is 39.6 Å². The Bertz CT molecular complexity index is 714. The Morgan fingerprint density at radius 2 is 2.14 bits per heavy atom. The van der Waals surface area contributed by atoms with E-state index in [9.17, 15) is 5.11 Å². The molecule has 0 radical (unpaired) electrons. The molecule has 0 atom stereocenters. The molecule has 1 N–H and O–H groups in total. The number of thiazole rings is 1. The Labute approximate surface area is 127 Å². The summed E-state index contributed by atoms with van der Waals surface area (Å²) in [6.07, 6.45) is 1.72. The number of phenols is 1. The number of aromatic nitrogens is 1. The second-order valence-electron chi connectivity index (χ2n) is 4.87. The molecule has 0 fully saturated rings. The quantitative estimate of drug-likeness (QED) is 0.883. The molecule has 0 bridgehead atoms. The second-order valence-corrected chi connectivity index (χ2v) is 5.71. The summed E-state index contributed by atoms with van der Waals surface area (Å²) < 4.78 is 6.90. The van der Waals surface area contributed by atoms with Gasteiger partial charge in [-0.25, -0.2) is 4.68 Å². The van der Waals surface area contributed by atoms with Gasteiger partial charge in [-0.3, -0.25) is 4.99 Å². The largest absolute Gasteiger partial charge is 0.504 e. The van der Waals surface area contributed by atoms with Crippen LogP contribution in [0.4, 0.5) is 0 Å². The molecule has 2 rings (SSSR count). The van der Waals surface area contributed by atoms with Crippen LogP contribution in [0.3, 0.4) is 0 Å². The lowest BCUT2D eigenvalue weighted by Crippen LogP contribution is -2.14. The van der Waals surface area contributed by atoms with Gasteiger partial charge in [0.2, 0.25) is 4.80 Å². The number of ether oxygens (including phenoxy) is 1. The van der Waals surface area contributed by atoms with Crippen LogP contribution in [0, 0.1) is 6.92 Å². The van der Waals surface area contributed by atoms with Crippen LogP contribution in [0.25, 0.3) is 0 Å². The number of phenolic OH excluding ortho intramolecular Hbond substituents is 1. The molecule has 1 aromatic carbocycles. The van der Waals surface area contributed by atoms with Crippen molar-refractivity contribution in [3.8, 4) is 11.5 Å². The van der Waals surface area contributed by atoms with Crippen LogP contribution in [0.2, 0.25) is 0 Å². The van der Waals surface area contributed by atoms with Crippen LogP contribution >= 0.6 is 11.3 Å². The maximum absolute atomic E-state index is 9.59. The van der Waals surface area contributed by atoms with E-state index in [1.54, 1.807) is 35.8 Å². The summed E-state index contributed by atoms with van der Waals surface area (Å²) in [5.74, 6) is 0.544.